The van der Waals surface area contributed by atoms with Crippen molar-refractivity contribution in [3.8, 4) is 0 Å². The minimum atomic E-state index is -2.91. The second kappa shape index (κ2) is 6.00. The summed E-state index contributed by atoms with van der Waals surface area (Å²) in [7, 11) is -2.91. The van der Waals surface area contributed by atoms with E-state index in [1.54, 1.807) is 0 Å². The molecule has 1 unspecified atom stereocenters. The molecule has 3 N–H and O–H groups in total. The third kappa shape index (κ3) is 3.56. The van der Waals surface area contributed by atoms with E-state index < -0.39 is 15.4 Å². The van der Waals surface area contributed by atoms with Crippen LogP contribution in [0.2, 0.25) is 0 Å². The van der Waals surface area contributed by atoms with Crippen LogP contribution >= 0.6 is 0 Å². The lowest BCUT2D eigenvalue weighted by molar-refractivity contribution is -0.0931. The fraction of sp³-hybridized carbons (Fsp3) is 0.933. The van der Waals surface area contributed by atoms with E-state index in [2.05, 4.69) is 10.6 Å². The Morgan fingerprint density at radius 3 is 2.27 bits per heavy atom. The van der Waals surface area contributed by atoms with Gasteiger partial charge in [-0.2, -0.15) is 0 Å². The van der Waals surface area contributed by atoms with Crippen LogP contribution in [0, 0.1) is 11.8 Å². The van der Waals surface area contributed by atoms with Gasteiger partial charge < -0.3 is 15.7 Å². The van der Waals surface area contributed by atoms with E-state index in [0.29, 0.717) is 31.2 Å². The largest absolute Gasteiger partial charge is 0.388 e. The van der Waals surface area contributed by atoms with Crippen LogP contribution < -0.4 is 10.6 Å². The van der Waals surface area contributed by atoms with Gasteiger partial charge in [-0.15, -0.1) is 0 Å². The van der Waals surface area contributed by atoms with Gasteiger partial charge in [0, 0.05) is 12.6 Å². The fourth-order valence-corrected chi connectivity index (χ4v) is 5.78. The Labute approximate surface area is 132 Å². The van der Waals surface area contributed by atoms with Crippen molar-refractivity contribution in [2.24, 2.45) is 11.8 Å². The number of carbonyl (C=O) groups is 1. The molecule has 2 amide bonds. The maximum Gasteiger partial charge on any atom is 0.315 e. The molecule has 0 aromatic heterocycles. The molecule has 0 aromatic carbocycles. The first-order valence-corrected chi connectivity index (χ1v) is 10.2. The SMILES string of the molecule is O=C(NCC1(O)CC2CCC1CC2)NC1CCS(=O)(=O)CC1. The average molecular weight is 330 g/mol. The number of hydrogen-bond donors (Lipinski definition) is 3. The topological polar surface area (TPSA) is 95.5 Å². The van der Waals surface area contributed by atoms with Crippen molar-refractivity contribution >= 4 is 15.9 Å². The number of hydrogen-bond acceptors (Lipinski definition) is 4. The Hall–Kier alpha value is -0.820. The lowest BCUT2D eigenvalue weighted by Crippen LogP contribution is -2.56. The lowest BCUT2D eigenvalue weighted by atomic mass is 9.62. The third-order valence-corrected chi connectivity index (χ3v) is 7.41. The zero-order chi connectivity index (χ0) is 15.8. The Morgan fingerprint density at radius 2 is 1.73 bits per heavy atom. The molecule has 0 radical (unpaired) electrons. The van der Waals surface area contributed by atoms with Gasteiger partial charge in [0.25, 0.3) is 0 Å². The highest BCUT2D eigenvalue weighted by atomic mass is 32.2. The van der Waals surface area contributed by atoms with E-state index in [-0.39, 0.29) is 23.6 Å². The van der Waals surface area contributed by atoms with Crippen molar-refractivity contribution in [2.75, 3.05) is 18.1 Å². The number of sulfone groups is 1. The first-order valence-electron chi connectivity index (χ1n) is 8.33. The van der Waals surface area contributed by atoms with E-state index in [4.69, 9.17) is 0 Å². The van der Waals surface area contributed by atoms with Crippen LogP contribution in [0.25, 0.3) is 0 Å². The molecule has 7 heteroatoms. The Bertz CT molecular complexity index is 514. The summed E-state index contributed by atoms with van der Waals surface area (Å²) in [6.45, 7) is 0.297. The van der Waals surface area contributed by atoms with Crippen molar-refractivity contribution in [1.29, 1.82) is 0 Å². The average Bonchev–Trinajstić information content (AvgIpc) is 2.49. The number of carbonyl (C=O) groups excluding carboxylic acids is 1. The van der Waals surface area contributed by atoms with Crippen molar-refractivity contribution < 1.29 is 18.3 Å². The molecule has 1 heterocycles. The van der Waals surface area contributed by atoms with Crippen molar-refractivity contribution in [1.82, 2.24) is 10.6 Å². The van der Waals surface area contributed by atoms with Crippen LogP contribution in [0.4, 0.5) is 4.79 Å². The minimum absolute atomic E-state index is 0.0824. The smallest absolute Gasteiger partial charge is 0.315 e. The van der Waals surface area contributed by atoms with Crippen LogP contribution in [-0.4, -0.2) is 49.2 Å². The normalized spacial score (nSPS) is 37.7. The Morgan fingerprint density at radius 1 is 1.09 bits per heavy atom. The van der Waals surface area contributed by atoms with Gasteiger partial charge >= 0.3 is 6.03 Å². The van der Waals surface area contributed by atoms with Crippen LogP contribution in [0.3, 0.4) is 0 Å². The molecule has 4 fully saturated rings. The number of rotatable bonds is 3. The molecule has 3 saturated carbocycles. The highest BCUT2D eigenvalue weighted by Gasteiger charge is 2.46. The van der Waals surface area contributed by atoms with E-state index in [0.717, 1.165) is 19.3 Å². The molecule has 22 heavy (non-hydrogen) atoms. The second-order valence-corrected chi connectivity index (χ2v) is 9.58. The van der Waals surface area contributed by atoms with Crippen LogP contribution in [0.1, 0.15) is 44.9 Å². The summed E-state index contributed by atoms with van der Waals surface area (Å²) in [4.78, 5) is 12.0. The Kier molecular flexibility index (Phi) is 4.38. The summed E-state index contributed by atoms with van der Waals surface area (Å²) in [5.74, 6) is 1.19. The predicted molar refractivity (Wildman–Crippen MR) is 83.2 cm³/mol. The molecule has 126 valence electrons. The highest BCUT2D eigenvalue weighted by molar-refractivity contribution is 7.91. The predicted octanol–water partition coefficient (Wildman–Crippen LogP) is 0.804. The summed E-state index contributed by atoms with van der Waals surface area (Å²) in [6.07, 6.45) is 6.27. The quantitative estimate of drug-likeness (QED) is 0.713. The number of amides is 2. The molecule has 1 aliphatic heterocycles. The fourth-order valence-electron chi connectivity index (χ4n) is 4.29. The first kappa shape index (κ1) is 16.1. The van der Waals surface area contributed by atoms with Gasteiger partial charge in [0.1, 0.15) is 9.84 Å². The second-order valence-electron chi connectivity index (χ2n) is 7.28. The van der Waals surface area contributed by atoms with Gasteiger partial charge in [-0.1, -0.05) is 0 Å². The third-order valence-electron chi connectivity index (χ3n) is 5.69. The molecule has 1 atom stereocenters. The van der Waals surface area contributed by atoms with Crippen LogP contribution in [-0.2, 0) is 9.84 Å². The minimum Gasteiger partial charge on any atom is -0.388 e. The zero-order valence-electron chi connectivity index (χ0n) is 12.9. The lowest BCUT2D eigenvalue weighted by Gasteiger charge is -2.48. The maximum atomic E-state index is 12.0. The first-order chi connectivity index (χ1) is 10.4. The van der Waals surface area contributed by atoms with Gasteiger partial charge in [-0.05, 0) is 56.8 Å². The molecule has 2 bridgehead atoms. The summed E-state index contributed by atoms with van der Waals surface area (Å²) >= 11 is 0. The highest BCUT2D eigenvalue weighted by Crippen LogP contribution is 2.47. The molecular weight excluding hydrogens is 304 g/mol. The van der Waals surface area contributed by atoms with Gasteiger partial charge in [0.15, 0.2) is 0 Å². The van der Waals surface area contributed by atoms with Gasteiger partial charge in [-0.3, -0.25) is 0 Å². The molecule has 4 rings (SSSR count). The zero-order valence-corrected chi connectivity index (χ0v) is 13.7. The van der Waals surface area contributed by atoms with Crippen LogP contribution in [0.5, 0.6) is 0 Å². The maximum absolute atomic E-state index is 12.0. The monoisotopic (exact) mass is 330 g/mol. The number of urea groups is 1. The van der Waals surface area contributed by atoms with Crippen molar-refractivity contribution in [3.05, 3.63) is 0 Å². The van der Waals surface area contributed by atoms with Crippen molar-refractivity contribution in [3.63, 3.8) is 0 Å². The number of fused-ring (bicyclic) bond motifs is 3. The standard InChI is InChI=1S/C15H26N2O4S/c18-14(17-13-5-7-22(20,21)8-6-13)16-10-15(19)9-11-1-3-12(15)4-2-11/h11-13,19H,1-10H2,(H2,16,17,18). The van der Waals surface area contributed by atoms with Crippen LogP contribution in [0.15, 0.2) is 0 Å². The van der Waals surface area contributed by atoms with Gasteiger partial charge in [-0.25, -0.2) is 13.2 Å². The number of nitrogens with one attached hydrogen (secondary N) is 2. The van der Waals surface area contributed by atoms with E-state index >= 15 is 0 Å². The molecular formula is C15H26N2O4S. The number of aliphatic hydroxyl groups is 1. The van der Waals surface area contributed by atoms with Crippen molar-refractivity contribution in [2.45, 2.75) is 56.6 Å². The van der Waals surface area contributed by atoms with E-state index in [1.807, 2.05) is 0 Å². The molecule has 0 aromatic rings. The summed E-state index contributed by atoms with van der Waals surface area (Å²) in [5, 5.41) is 16.4. The van der Waals surface area contributed by atoms with E-state index in [9.17, 15) is 18.3 Å². The molecule has 0 spiro atoms. The summed E-state index contributed by atoms with van der Waals surface area (Å²) < 4.78 is 22.7. The molecule has 1 saturated heterocycles. The Balaban J connectivity index is 1.45. The summed E-state index contributed by atoms with van der Waals surface area (Å²) in [5.41, 5.74) is -0.756. The molecule has 3 aliphatic carbocycles. The summed E-state index contributed by atoms with van der Waals surface area (Å²) in [6, 6.07) is -0.375. The van der Waals surface area contributed by atoms with Gasteiger partial charge in [0.2, 0.25) is 0 Å². The van der Waals surface area contributed by atoms with E-state index in [1.165, 1.54) is 12.8 Å². The molecule has 4 aliphatic rings. The molecule has 6 nitrogen and oxygen atoms in total. The van der Waals surface area contributed by atoms with Gasteiger partial charge in [0.05, 0.1) is 17.1 Å².